The molecular formula is C23H25ClN2O3. The van der Waals surface area contributed by atoms with E-state index in [1.165, 1.54) is 12.8 Å². The summed E-state index contributed by atoms with van der Waals surface area (Å²) in [6.45, 7) is 0.560. The van der Waals surface area contributed by atoms with Crippen molar-refractivity contribution in [2.45, 2.75) is 50.3 Å². The van der Waals surface area contributed by atoms with Crippen molar-refractivity contribution >= 4 is 23.2 Å². The highest BCUT2D eigenvalue weighted by atomic mass is 35.5. The molecule has 2 bridgehead atoms. The van der Waals surface area contributed by atoms with E-state index in [0.29, 0.717) is 41.4 Å². The first-order valence-electron chi connectivity index (χ1n) is 10.3. The summed E-state index contributed by atoms with van der Waals surface area (Å²) in [6.07, 6.45) is 5.49. The van der Waals surface area contributed by atoms with Gasteiger partial charge in [-0.3, -0.25) is 4.79 Å². The van der Waals surface area contributed by atoms with Gasteiger partial charge in [-0.05, 0) is 81.1 Å². The second-order valence-corrected chi connectivity index (χ2v) is 8.83. The quantitative estimate of drug-likeness (QED) is 0.818. The van der Waals surface area contributed by atoms with E-state index in [4.69, 9.17) is 16.3 Å². The molecule has 3 aliphatic rings. The molecule has 29 heavy (non-hydrogen) atoms. The van der Waals surface area contributed by atoms with Crippen molar-refractivity contribution in [3.63, 3.8) is 0 Å². The molecule has 1 amide bonds. The SMILES string of the molecule is CN1[C@@H]2CC[C@H]1C[C@@H](Oc1ccc(N3CCc4cc(O)ccc4C3=O)cc1Cl)C2. The number of nitrogens with zero attached hydrogens (tertiary/aromatic N) is 2. The number of carbonyl (C=O) groups excluding carboxylic acids is 1. The van der Waals surface area contributed by atoms with Crippen molar-refractivity contribution in [3.05, 3.63) is 52.5 Å². The number of anilines is 1. The van der Waals surface area contributed by atoms with Crippen molar-refractivity contribution in [2.75, 3.05) is 18.5 Å². The Morgan fingerprint density at radius 2 is 1.86 bits per heavy atom. The van der Waals surface area contributed by atoms with Crippen LogP contribution in [0.15, 0.2) is 36.4 Å². The van der Waals surface area contributed by atoms with E-state index in [-0.39, 0.29) is 17.8 Å². The van der Waals surface area contributed by atoms with Crippen LogP contribution in [0.3, 0.4) is 0 Å². The highest BCUT2D eigenvalue weighted by Gasteiger charge is 2.39. The number of hydrogen-bond acceptors (Lipinski definition) is 4. The Balaban J connectivity index is 1.32. The average molecular weight is 413 g/mol. The zero-order chi connectivity index (χ0) is 20.1. The first-order chi connectivity index (χ1) is 14.0. The van der Waals surface area contributed by atoms with E-state index in [1.54, 1.807) is 23.1 Å². The number of hydrogen-bond donors (Lipinski definition) is 1. The molecule has 0 aliphatic carbocycles. The minimum Gasteiger partial charge on any atom is -0.508 e. The van der Waals surface area contributed by atoms with Crippen molar-refractivity contribution in [3.8, 4) is 11.5 Å². The summed E-state index contributed by atoms with van der Waals surface area (Å²) in [6, 6.07) is 11.8. The lowest BCUT2D eigenvalue weighted by atomic mass is 9.98. The van der Waals surface area contributed by atoms with Gasteiger partial charge in [-0.15, -0.1) is 0 Å². The Kier molecular flexibility index (Phi) is 4.67. The number of halogens is 1. The number of carbonyl (C=O) groups is 1. The Hall–Kier alpha value is -2.24. The summed E-state index contributed by atoms with van der Waals surface area (Å²) in [4.78, 5) is 17.1. The number of fused-ring (bicyclic) bond motifs is 3. The topological polar surface area (TPSA) is 53.0 Å². The monoisotopic (exact) mass is 412 g/mol. The van der Waals surface area contributed by atoms with Crippen LogP contribution in [0.4, 0.5) is 5.69 Å². The fraction of sp³-hybridized carbons (Fsp3) is 0.435. The van der Waals surface area contributed by atoms with Crippen LogP contribution in [0.5, 0.6) is 11.5 Å². The maximum Gasteiger partial charge on any atom is 0.258 e. The Bertz CT molecular complexity index is 949. The Labute approximate surface area is 175 Å². The molecule has 6 heteroatoms. The number of benzene rings is 2. The molecule has 2 aromatic rings. The van der Waals surface area contributed by atoms with Gasteiger partial charge >= 0.3 is 0 Å². The largest absolute Gasteiger partial charge is 0.508 e. The lowest BCUT2D eigenvalue weighted by Gasteiger charge is -2.36. The maximum atomic E-state index is 12.9. The molecule has 152 valence electrons. The second kappa shape index (κ2) is 7.22. The number of amides is 1. The van der Waals surface area contributed by atoms with Gasteiger partial charge in [0.25, 0.3) is 5.91 Å². The van der Waals surface area contributed by atoms with Crippen LogP contribution in [0.25, 0.3) is 0 Å². The van der Waals surface area contributed by atoms with Gasteiger partial charge in [-0.2, -0.15) is 0 Å². The van der Waals surface area contributed by atoms with Crippen LogP contribution >= 0.6 is 11.6 Å². The molecule has 3 aliphatic heterocycles. The fourth-order valence-electron chi connectivity index (χ4n) is 5.11. The van der Waals surface area contributed by atoms with Gasteiger partial charge in [-0.25, -0.2) is 0 Å². The number of rotatable bonds is 3. The van der Waals surface area contributed by atoms with E-state index < -0.39 is 0 Å². The van der Waals surface area contributed by atoms with Crippen LogP contribution < -0.4 is 9.64 Å². The van der Waals surface area contributed by atoms with E-state index in [0.717, 1.165) is 24.1 Å². The molecular weight excluding hydrogens is 388 g/mol. The zero-order valence-electron chi connectivity index (χ0n) is 16.5. The number of phenols is 1. The minimum atomic E-state index is -0.0668. The van der Waals surface area contributed by atoms with Crippen molar-refractivity contribution in [1.29, 1.82) is 0 Å². The third kappa shape index (κ3) is 3.36. The molecule has 2 aromatic carbocycles. The normalized spacial score (nSPS) is 26.5. The van der Waals surface area contributed by atoms with E-state index in [2.05, 4.69) is 11.9 Å². The molecule has 0 radical (unpaired) electrons. The molecule has 1 N–H and O–H groups in total. The predicted octanol–water partition coefficient (Wildman–Crippen LogP) is 4.25. The first-order valence-corrected chi connectivity index (χ1v) is 10.7. The standard InChI is InChI=1S/C23H25ClN2O3/c1-25-15-2-3-16(25)12-19(11-15)29-22-7-4-17(13-21(22)24)26-9-8-14-10-18(27)5-6-20(14)23(26)28/h4-7,10,13,15-16,19,27H,2-3,8-9,11-12H2,1H3/t15-,16+,19+. The van der Waals surface area contributed by atoms with Gasteiger partial charge in [0, 0.05) is 29.9 Å². The maximum absolute atomic E-state index is 12.9. The molecule has 2 fully saturated rings. The summed E-state index contributed by atoms with van der Waals surface area (Å²) >= 11 is 6.55. The van der Waals surface area contributed by atoms with Crippen LogP contribution in [0.2, 0.25) is 5.02 Å². The van der Waals surface area contributed by atoms with Crippen LogP contribution in [-0.4, -0.2) is 47.7 Å². The molecule has 0 aromatic heterocycles. The van der Waals surface area contributed by atoms with E-state index >= 15 is 0 Å². The second-order valence-electron chi connectivity index (χ2n) is 8.42. The summed E-state index contributed by atoms with van der Waals surface area (Å²) in [5.41, 5.74) is 2.29. The fourth-order valence-corrected chi connectivity index (χ4v) is 5.33. The summed E-state index contributed by atoms with van der Waals surface area (Å²) in [7, 11) is 2.22. The van der Waals surface area contributed by atoms with Crippen molar-refractivity contribution in [1.82, 2.24) is 4.90 Å². The van der Waals surface area contributed by atoms with Crippen LogP contribution in [0, 0.1) is 0 Å². The molecule has 0 saturated carbocycles. The molecule has 5 nitrogen and oxygen atoms in total. The van der Waals surface area contributed by atoms with Crippen molar-refractivity contribution < 1.29 is 14.6 Å². The molecule has 0 unspecified atom stereocenters. The average Bonchev–Trinajstić information content (AvgIpc) is 2.90. The number of ether oxygens (including phenoxy) is 1. The van der Waals surface area contributed by atoms with Gasteiger partial charge in [0.15, 0.2) is 0 Å². The Morgan fingerprint density at radius 1 is 1.10 bits per heavy atom. The van der Waals surface area contributed by atoms with Gasteiger partial charge < -0.3 is 19.6 Å². The van der Waals surface area contributed by atoms with Crippen LogP contribution in [-0.2, 0) is 6.42 Å². The third-order valence-electron chi connectivity index (χ3n) is 6.74. The lowest BCUT2D eigenvalue weighted by molar-refractivity contribution is 0.0662. The lowest BCUT2D eigenvalue weighted by Crippen LogP contribution is -2.43. The van der Waals surface area contributed by atoms with Gasteiger partial charge in [0.05, 0.1) is 5.02 Å². The number of phenolic OH excluding ortho intramolecular Hbond substituents is 1. The van der Waals surface area contributed by atoms with Crippen LogP contribution in [0.1, 0.15) is 41.6 Å². The molecule has 3 atom stereocenters. The van der Waals surface area contributed by atoms with E-state index in [9.17, 15) is 9.90 Å². The molecule has 0 spiro atoms. The third-order valence-corrected chi connectivity index (χ3v) is 7.04. The zero-order valence-corrected chi connectivity index (χ0v) is 17.2. The number of piperidine rings is 1. The molecule has 2 saturated heterocycles. The van der Waals surface area contributed by atoms with Crippen molar-refractivity contribution in [2.24, 2.45) is 0 Å². The summed E-state index contributed by atoms with van der Waals surface area (Å²) in [5, 5.41) is 10.2. The van der Waals surface area contributed by atoms with E-state index in [1.807, 2.05) is 18.2 Å². The predicted molar refractivity (Wildman–Crippen MR) is 113 cm³/mol. The van der Waals surface area contributed by atoms with Gasteiger partial charge in [0.1, 0.15) is 17.6 Å². The smallest absolute Gasteiger partial charge is 0.258 e. The first kappa shape index (κ1) is 18.8. The number of aromatic hydroxyl groups is 1. The minimum absolute atomic E-state index is 0.0668. The van der Waals surface area contributed by atoms with Gasteiger partial charge in [-0.1, -0.05) is 11.6 Å². The Morgan fingerprint density at radius 3 is 2.59 bits per heavy atom. The molecule has 3 heterocycles. The molecule has 5 rings (SSSR count). The summed E-state index contributed by atoms with van der Waals surface area (Å²) in [5.74, 6) is 0.818. The summed E-state index contributed by atoms with van der Waals surface area (Å²) < 4.78 is 6.26. The van der Waals surface area contributed by atoms with Gasteiger partial charge in [0.2, 0.25) is 0 Å². The highest BCUT2D eigenvalue weighted by Crippen LogP contribution is 2.38. The highest BCUT2D eigenvalue weighted by molar-refractivity contribution is 6.32.